The summed E-state index contributed by atoms with van der Waals surface area (Å²) in [4.78, 5) is 51.7. The maximum atomic E-state index is 13.2. The third-order valence-electron chi connectivity index (χ3n) is 19.9. The fraction of sp³-hybridized carbons (Fsp3) is 0.935. The van der Waals surface area contributed by atoms with E-state index in [4.69, 9.17) is 75.8 Å². The molecule has 4 amide bonds. The van der Waals surface area contributed by atoms with Crippen LogP contribution in [-0.2, 0) is 95.0 Å². The number of hydrogen-bond acceptors (Lipinski definition) is 44. The molecule has 0 unspecified atom stereocenters. The van der Waals surface area contributed by atoms with Gasteiger partial charge in [0.2, 0.25) is 23.6 Å². The molecule has 8 heterocycles. The molecule has 638 valence electrons. The lowest BCUT2D eigenvalue weighted by Crippen LogP contribution is -2.71. The van der Waals surface area contributed by atoms with Crippen LogP contribution in [0.4, 0.5) is 0 Å². The van der Waals surface area contributed by atoms with Crippen molar-refractivity contribution < 1.29 is 218 Å². The first-order chi connectivity index (χ1) is 51.9. The molecule has 110 heavy (non-hydrogen) atoms. The van der Waals surface area contributed by atoms with E-state index in [1.807, 2.05) is 0 Å². The average Bonchev–Trinajstić information content (AvgIpc) is 0.774. The number of aliphatic hydroxyl groups excluding tert-OH is 24. The highest BCUT2D eigenvalue weighted by Gasteiger charge is 2.60. The predicted molar refractivity (Wildman–Crippen MR) is 343 cm³/mol. The number of amides is 4. The Kier molecular flexibility index (Phi) is 33.7. The van der Waals surface area contributed by atoms with E-state index in [0.717, 1.165) is 27.7 Å². The van der Waals surface area contributed by atoms with Gasteiger partial charge in [-0.3, -0.25) is 19.2 Å². The summed E-state index contributed by atoms with van der Waals surface area (Å²) in [6.07, 6.45) is -79.0. The summed E-state index contributed by atoms with van der Waals surface area (Å²) in [5, 5.41) is 274. The van der Waals surface area contributed by atoms with E-state index in [1.165, 1.54) is 13.8 Å². The minimum absolute atomic E-state index is 0.896. The monoisotopic (exact) mass is 1610 g/mol. The summed E-state index contributed by atoms with van der Waals surface area (Å²) in [6.45, 7) is -2.43. The lowest BCUT2D eigenvalue weighted by molar-refractivity contribution is -0.390. The van der Waals surface area contributed by atoms with Crippen LogP contribution in [0.25, 0.3) is 0 Å². The molecular formula is C62H106N4O44. The second-order valence-corrected chi connectivity index (χ2v) is 27.9. The number of carbonyl (C=O) groups excluding carboxylic acids is 4. The zero-order chi connectivity index (χ0) is 81.5. The van der Waals surface area contributed by atoms with Crippen molar-refractivity contribution in [3.63, 3.8) is 0 Å². The van der Waals surface area contributed by atoms with E-state index in [0.29, 0.717) is 0 Å². The van der Waals surface area contributed by atoms with Crippen LogP contribution in [0.2, 0.25) is 0 Å². The summed E-state index contributed by atoms with van der Waals surface area (Å²) in [5.74, 6) is -3.70. The highest BCUT2D eigenvalue weighted by molar-refractivity contribution is 5.74. The summed E-state index contributed by atoms with van der Waals surface area (Å²) >= 11 is 0. The average molecular weight is 1610 g/mol. The van der Waals surface area contributed by atoms with Gasteiger partial charge in [0.15, 0.2) is 50.3 Å². The molecule has 0 bridgehead atoms. The van der Waals surface area contributed by atoms with Gasteiger partial charge in [-0.25, -0.2) is 0 Å². The van der Waals surface area contributed by atoms with Gasteiger partial charge in [-0.05, 0) is 13.8 Å². The number of ether oxygens (including phenoxy) is 16. The molecule has 0 radical (unpaired) electrons. The molecular weight excluding hydrogens is 1500 g/mol. The molecule has 48 nitrogen and oxygen atoms in total. The summed E-state index contributed by atoms with van der Waals surface area (Å²) in [6, 6.07) is -7.49. The molecule has 0 aromatic rings. The molecule has 8 aliphatic rings. The van der Waals surface area contributed by atoms with Crippen LogP contribution in [0, 0.1) is 0 Å². The first-order valence-electron chi connectivity index (χ1n) is 35.3. The fourth-order valence-electron chi connectivity index (χ4n) is 14.0. The molecule has 0 aromatic heterocycles. The Morgan fingerprint density at radius 1 is 0.327 bits per heavy atom. The van der Waals surface area contributed by atoms with Crippen molar-refractivity contribution in [3.8, 4) is 0 Å². The Morgan fingerprint density at radius 3 is 1.15 bits per heavy atom. The highest BCUT2D eigenvalue weighted by atomic mass is 16.8. The summed E-state index contributed by atoms with van der Waals surface area (Å²) in [5.41, 5.74) is 0. The molecule has 0 spiro atoms. The van der Waals surface area contributed by atoms with E-state index >= 15 is 0 Å². The van der Waals surface area contributed by atoms with E-state index in [9.17, 15) is 142 Å². The Balaban J connectivity index is 1.01. The number of rotatable bonds is 31. The molecule has 0 aliphatic carbocycles. The molecule has 0 aromatic carbocycles. The van der Waals surface area contributed by atoms with Crippen molar-refractivity contribution in [2.45, 2.75) is 311 Å². The van der Waals surface area contributed by atoms with Crippen molar-refractivity contribution in [2.24, 2.45) is 0 Å². The lowest BCUT2D eigenvalue weighted by Gasteiger charge is -2.51. The van der Waals surface area contributed by atoms with Crippen molar-refractivity contribution in [2.75, 3.05) is 52.9 Å². The summed E-state index contributed by atoms with van der Waals surface area (Å²) < 4.78 is 94.4. The molecule has 8 saturated heterocycles. The van der Waals surface area contributed by atoms with E-state index in [-0.39, 0.29) is 0 Å². The largest absolute Gasteiger partial charge is 0.394 e. The highest BCUT2D eigenvalue weighted by Crippen LogP contribution is 2.40. The van der Waals surface area contributed by atoms with Gasteiger partial charge in [-0.1, -0.05) is 0 Å². The van der Waals surface area contributed by atoms with Crippen LogP contribution in [0.3, 0.4) is 0 Å². The molecule has 28 N–H and O–H groups in total. The molecule has 44 atom stereocenters. The van der Waals surface area contributed by atoms with Crippen LogP contribution in [0.15, 0.2) is 0 Å². The maximum Gasteiger partial charge on any atom is 0.217 e. The normalized spacial score (nSPS) is 46.6. The van der Waals surface area contributed by atoms with Crippen molar-refractivity contribution in [1.29, 1.82) is 0 Å². The standard InChI is InChI=1S/C62H106N4O44/c1-15-32(79)40(87)44(91)58(96-15)108-52-31(66-20(6)77)57(103-28(13-73)51(52)107-60-46(93)42(89)35(82)23(8-68)98-60)109-53-37(84)25(10-70)99-61(47(53)94)105-49-26(11-71)101-55(29(38(49)85)64-18(4)75)95-14-22(78)34(81)48(21(7-67)63-17(3)74)104-56-30(65-19(5)76)39(86)50(27(12-72)102-56)106-62-54(43(90)36(83)24(9-69)100-62)110-59-45(92)41(88)33(80)16(2)97-59/h15-16,21-62,67-73,78-94H,7-14H2,1-6H3,(H,63,74)(H,64,75)(H,65,76)(H,66,77)/t15-,16-,21-,22+,23+,24+,25+,26+,27+,28+,29+,30+,31+,32+,33+,34-,35-,36-,37-,38+,39+,40+,41+,42-,43-,44-,45-,46+,47+,48+,49+,50+,51+,52+,53-,54+,55+,56-,57-,58-,59-,60-,61-,62-/m0/s1. The molecule has 8 fully saturated rings. The Hall–Kier alpha value is -3.72. The topological polar surface area (TPSA) is 750 Å². The van der Waals surface area contributed by atoms with Crippen molar-refractivity contribution >= 4 is 23.6 Å². The zero-order valence-electron chi connectivity index (χ0n) is 60.0. The molecule has 0 saturated carbocycles. The van der Waals surface area contributed by atoms with Gasteiger partial charge in [-0.2, -0.15) is 0 Å². The number of nitrogens with one attached hydrogen (secondary N) is 4. The molecule has 8 rings (SSSR count). The first-order valence-corrected chi connectivity index (χ1v) is 35.3. The van der Waals surface area contributed by atoms with Crippen molar-refractivity contribution in [1.82, 2.24) is 21.3 Å². The number of carbonyl (C=O) groups is 4. The number of hydrogen-bond donors (Lipinski definition) is 28. The third kappa shape index (κ3) is 20.8. The van der Waals surface area contributed by atoms with E-state index < -0.39 is 346 Å². The van der Waals surface area contributed by atoms with Gasteiger partial charge in [0.05, 0.1) is 71.1 Å². The van der Waals surface area contributed by atoms with Crippen LogP contribution in [-0.4, -0.2) is 469 Å². The first kappa shape index (κ1) is 91.8. The van der Waals surface area contributed by atoms with Gasteiger partial charge >= 0.3 is 0 Å². The molecule has 8 aliphatic heterocycles. The maximum absolute atomic E-state index is 13.2. The second kappa shape index (κ2) is 40.4. The summed E-state index contributed by atoms with van der Waals surface area (Å²) in [7, 11) is 0. The lowest BCUT2D eigenvalue weighted by atomic mass is 9.93. The van der Waals surface area contributed by atoms with E-state index in [2.05, 4.69) is 21.3 Å². The van der Waals surface area contributed by atoms with Gasteiger partial charge in [0, 0.05) is 27.7 Å². The Bertz CT molecular complexity index is 2880. The SMILES string of the molecule is CC(=O)N[C@H]1[C@H](OC[C@@H](O)[C@H](O)[C@H](O[C@@H]2O[C@H](CO)[C@@H](O[C@@H]3O[C@H](CO)[C@H](O)[C@H](O)[C@H]3O[C@@H]3O[C@@H](C)[C@@H](O)[C@@H](O)[C@@H]3O)[C@H](O)[C@H]2NC(C)=O)[C@H](CO)NC(C)=O)O[C@H](CO)[C@@H](O[C@@H]2O[C@H](CO)[C@H](O)[C@H](O[C@@H]3O[C@H](CO)[C@@H](O[C@@H]4O[C@H](CO)[C@H](O)[C@H](O)[C@H]4O)[C@H](O[C@@H]4O[C@@H](C)[C@@H](O)[C@@H](O)[C@@H]4O)[C@H]3NC(C)=O)[C@H]2O)[C@@H]1O. The smallest absolute Gasteiger partial charge is 0.217 e. The van der Waals surface area contributed by atoms with Crippen LogP contribution in [0.5, 0.6) is 0 Å². The number of aliphatic hydroxyl groups is 24. The predicted octanol–water partition coefficient (Wildman–Crippen LogP) is -18.4. The minimum atomic E-state index is -2.43. The van der Waals surface area contributed by atoms with Gasteiger partial charge in [-0.15, -0.1) is 0 Å². The second-order valence-electron chi connectivity index (χ2n) is 27.9. The van der Waals surface area contributed by atoms with Gasteiger partial charge in [0.1, 0.15) is 201 Å². The van der Waals surface area contributed by atoms with Crippen LogP contribution in [0.1, 0.15) is 41.5 Å². The van der Waals surface area contributed by atoms with Gasteiger partial charge in [0.25, 0.3) is 0 Å². The van der Waals surface area contributed by atoms with Gasteiger partial charge < -0.3 is 220 Å². The van der Waals surface area contributed by atoms with Crippen molar-refractivity contribution in [3.05, 3.63) is 0 Å². The Morgan fingerprint density at radius 2 is 0.682 bits per heavy atom. The van der Waals surface area contributed by atoms with Crippen LogP contribution < -0.4 is 21.3 Å². The quantitative estimate of drug-likeness (QED) is 0.0306. The fourth-order valence-corrected chi connectivity index (χ4v) is 14.0. The minimum Gasteiger partial charge on any atom is -0.394 e. The van der Waals surface area contributed by atoms with E-state index in [1.54, 1.807) is 0 Å². The zero-order valence-corrected chi connectivity index (χ0v) is 60.0. The Labute approximate surface area is 625 Å². The third-order valence-corrected chi connectivity index (χ3v) is 19.9. The molecule has 48 heteroatoms. The van der Waals surface area contributed by atoms with Crippen LogP contribution >= 0.6 is 0 Å².